The van der Waals surface area contributed by atoms with Gasteiger partial charge in [0.25, 0.3) is 5.91 Å². The molecule has 26 heavy (non-hydrogen) atoms. The molecule has 3 amide bonds. The Balaban J connectivity index is 1.37. The van der Waals surface area contributed by atoms with Crippen molar-refractivity contribution in [1.82, 2.24) is 15.1 Å². The summed E-state index contributed by atoms with van der Waals surface area (Å²) in [6.45, 7) is 4.11. The summed E-state index contributed by atoms with van der Waals surface area (Å²) in [5, 5.41) is 3.45. The zero-order chi connectivity index (χ0) is 18.1. The van der Waals surface area contributed by atoms with Gasteiger partial charge >= 0.3 is 0 Å². The van der Waals surface area contributed by atoms with Crippen LogP contribution in [0.2, 0.25) is 0 Å². The highest BCUT2D eigenvalue weighted by atomic mass is 16.2. The predicted molar refractivity (Wildman–Crippen MR) is 96.3 cm³/mol. The van der Waals surface area contributed by atoms with Crippen LogP contribution in [0, 0.1) is 5.41 Å². The first-order valence-electron chi connectivity index (χ1n) is 9.49. The molecule has 0 unspecified atom stereocenters. The van der Waals surface area contributed by atoms with Crippen molar-refractivity contribution in [2.45, 2.75) is 38.6 Å². The number of piperidine rings is 1. The Labute approximate surface area is 153 Å². The molecule has 1 aromatic rings. The fraction of sp³-hybridized carbons (Fsp3) is 0.550. The molecule has 4 rings (SSSR count). The summed E-state index contributed by atoms with van der Waals surface area (Å²) >= 11 is 0. The standard InChI is InChI=1S/C20H25N3O3/c24-17-5-6-18(25)23(17)13-15-1-3-16(4-2-15)19(26)22-11-8-20(9-12-22)7-10-21-14-20/h1-4,21H,5-14H2. The van der Waals surface area contributed by atoms with Crippen molar-refractivity contribution < 1.29 is 14.4 Å². The van der Waals surface area contributed by atoms with Gasteiger partial charge in [-0.1, -0.05) is 12.1 Å². The third kappa shape index (κ3) is 3.26. The van der Waals surface area contributed by atoms with Crippen molar-refractivity contribution >= 4 is 17.7 Å². The first-order chi connectivity index (χ1) is 12.6. The van der Waals surface area contributed by atoms with Gasteiger partial charge in [-0.3, -0.25) is 19.3 Å². The Bertz CT molecular complexity index is 696. The lowest BCUT2D eigenvalue weighted by Crippen LogP contribution is -2.44. The maximum absolute atomic E-state index is 12.8. The third-order valence-electron chi connectivity index (χ3n) is 6.14. The van der Waals surface area contributed by atoms with E-state index in [0.717, 1.165) is 44.6 Å². The summed E-state index contributed by atoms with van der Waals surface area (Å²) in [5.41, 5.74) is 1.95. The van der Waals surface area contributed by atoms with Crippen LogP contribution in [0.1, 0.15) is 48.0 Å². The fourth-order valence-electron chi connectivity index (χ4n) is 4.32. The van der Waals surface area contributed by atoms with Gasteiger partial charge in [-0.2, -0.15) is 0 Å². The molecule has 138 valence electrons. The number of benzene rings is 1. The molecule has 0 aromatic heterocycles. The monoisotopic (exact) mass is 355 g/mol. The van der Waals surface area contributed by atoms with E-state index in [2.05, 4.69) is 5.32 Å². The minimum absolute atomic E-state index is 0.0747. The number of hydrogen-bond acceptors (Lipinski definition) is 4. The second kappa shape index (κ2) is 6.83. The van der Waals surface area contributed by atoms with E-state index in [9.17, 15) is 14.4 Å². The van der Waals surface area contributed by atoms with E-state index in [0.29, 0.717) is 30.4 Å². The molecule has 0 aliphatic carbocycles. The molecule has 1 N–H and O–H groups in total. The van der Waals surface area contributed by atoms with Gasteiger partial charge in [0, 0.05) is 38.0 Å². The van der Waals surface area contributed by atoms with Crippen LogP contribution in [0.3, 0.4) is 0 Å². The van der Waals surface area contributed by atoms with Gasteiger partial charge in [0.2, 0.25) is 11.8 Å². The molecule has 0 atom stereocenters. The lowest BCUT2D eigenvalue weighted by atomic mass is 9.78. The first kappa shape index (κ1) is 17.2. The van der Waals surface area contributed by atoms with Crippen molar-refractivity contribution in [2.75, 3.05) is 26.2 Å². The van der Waals surface area contributed by atoms with Gasteiger partial charge in [-0.05, 0) is 48.9 Å². The minimum Gasteiger partial charge on any atom is -0.339 e. The van der Waals surface area contributed by atoms with Crippen LogP contribution in [-0.2, 0) is 16.1 Å². The van der Waals surface area contributed by atoms with Crippen LogP contribution in [0.5, 0.6) is 0 Å². The van der Waals surface area contributed by atoms with E-state index in [-0.39, 0.29) is 17.7 Å². The van der Waals surface area contributed by atoms with Crippen molar-refractivity contribution in [3.63, 3.8) is 0 Å². The van der Waals surface area contributed by atoms with Crippen LogP contribution in [0.25, 0.3) is 0 Å². The molecular formula is C20H25N3O3. The SMILES string of the molecule is O=C(c1ccc(CN2C(=O)CCC2=O)cc1)N1CCC2(CCNC2)CC1. The van der Waals surface area contributed by atoms with Gasteiger partial charge in [0.05, 0.1) is 6.54 Å². The highest BCUT2D eigenvalue weighted by molar-refractivity contribution is 6.01. The van der Waals surface area contributed by atoms with Crippen molar-refractivity contribution in [3.8, 4) is 0 Å². The number of hydrogen-bond donors (Lipinski definition) is 1. The second-order valence-corrected chi connectivity index (χ2v) is 7.79. The summed E-state index contributed by atoms with van der Waals surface area (Å²) in [6, 6.07) is 7.31. The Hall–Kier alpha value is -2.21. The number of carbonyl (C=O) groups is 3. The third-order valence-corrected chi connectivity index (χ3v) is 6.14. The molecule has 6 nitrogen and oxygen atoms in total. The second-order valence-electron chi connectivity index (χ2n) is 7.79. The largest absolute Gasteiger partial charge is 0.339 e. The molecule has 3 fully saturated rings. The summed E-state index contributed by atoms with van der Waals surface area (Å²) in [5.74, 6) is -0.150. The zero-order valence-corrected chi connectivity index (χ0v) is 15.0. The number of imide groups is 1. The quantitative estimate of drug-likeness (QED) is 0.836. The zero-order valence-electron chi connectivity index (χ0n) is 15.0. The predicted octanol–water partition coefficient (Wildman–Crippen LogP) is 1.55. The van der Waals surface area contributed by atoms with Crippen molar-refractivity contribution in [2.24, 2.45) is 5.41 Å². The van der Waals surface area contributed by atoms with Crippen molar-refractivity contribution in [1.29, 1.82) is 0 Å². The van der Waals surface area contributed by atoms with E-state index >= 15 is 0 Å². The number of nitrogens with one attached hydrogen (secondary N) is 1. The molecule has 0 saturated carbocycles. The van der Waals surface area contributed by atoms with Crippen molar-refractivity contribution in [3.05, 3.63) is 35.4 Å². The molecular weight excluding hydrogens is 330 g/mol. The van der Waals surface area contributed by atoms with Crippen LogP contribution < -0.4 is 5.32 Å². The van der Waals surface area contributed by atoms with Crippen LogP contribution in [0.4, 0.5) is 0 Å². The number of rotatable bonds is 3. The Morgan fingerprint density at radius 3 is 2.23 bits per heavy atom. The first-order valence-corrected chi connectivity index (χ1v) is 9.49. The lowest BCUT2D eigenvalue weighted by molar-refractivity contribution is -0.139. The van der Waals surface area contributed by atoms with E-state index in [4.69, 9.17) is 0 Å². The highest BCUT2D eigenvalue weighted by Crippen LogP contribution is 2.37. The van der Waals surface area contributed by atoms with Gasteiger partial charge in [0.15, 0.2) is 0 Å². The summed E-state index contributed by atoms with van der Waals surface area (Å²) in [4.78, 5) is 39.4. The number of nitrogens with zero attached hydrogens (tertiary/aromatic N) is 2. The van der Waals surface area contributed by atoms with Gasteiger partial charge in [-0.25, -0.2) is 0 Å². The average molecular weight is 355 g/mol. The highest BCUT2D eigenvalue weighted by Gasteiger charge is 2.38. The summed E-state index contributed by atoms with van der Waals surface area (Å²) in [7, 11) is 0. The molecule has 0 radical (unpaired) electrons. The van der Waals surface area contributed by atoms with E-state index in [1.54, 1.807) is 0 Å². The molecule has 1 spiro atoms. The summed E-state index contributed by atoms with van der Waals surface area (Å²) in [6.07, 6.45) is 3.98. The normalized spacial score (nSPS) is 22.5. The number of carbonyl (C=O) groups excluding carboxylic acids is 3. The molecule has 3 heterocycles. The molecule has 3 saturated heterocycles. The summed E-state index contributed by atoms with van der Waals surface area (Å²) < 4.78 is 0. The van der Waals surface area contributed by atoms with Crippen LogP contribution in [0.15, 0.2) is 24.3 Å². The molecule has 0 bridgehead atoms. The van der Waals surface area contributed by atoms with Gasteiger partial charge in [-0.15, -0.1) is 0 Å². The smallest absolute Gasteiger partial charge is 0.253 e. The van der Waals surface area contributed by atoms with Crippen LogP contribution in [-0.4, -0.2) is 53.7 Å². The molecule has 1 aromatic carbocycles. The number of amides is 3. The van der Waals surface area contributed by atoms with E-state index in [1.165, 1.54) is 11.3 Å². The van der Waals surface area contributed by atoms with Gasteiger partial charge < -0.3 is 10.2 Å². The van der Waals surface area contributed by atoms with Gasteiger partial charge in [0.1, 0.15) is 0 Å². The van der Waals surface area contributed by atoms with E-state index < -0.39 is 0 Å². The van der Waals surface area contributed by atoms with Crippen LogP contribution >= 0.6 is 0 Å². The van der Waals surface area contributed by atoms with E-state index in [1.807, 2.05) is 29.2 Å². The Kier molecular flexibility index (Phi) is 4.53. The molecule has 3 aliphatic rings. The molecule has 6 heteroatoms. The molecule has 3 aliphatic heterocycles. The Morgan fingerprint density at radius 1 is 1.00 bits per heavy atom. The maximum atomic E-state index is 12.8. The Morgan fingerprint density at radius 2 is 1.65 bits per heavy atom. The number of likely N-dealkylation sites (tertiary alicyclic amines) is 2. The minimum atomic E-state index is -0.112. The lowest BCUT2D eigenvalue weighted by Gasteiger charge is -2.38. The average Bonchev–Trinajstić information content (AvgIpc) is 3.24. The fourth-order valence-corrected chi connectivity index (χ4v) is 4.32. The maximum Gasteiger partial charge on any atom is 0.253 e. The topological polar surface area (TPSA) is 69.7 Å².